The topological polar surface area (TPSA) is 61.4 Å². The highest BCUT2D eigenvalue weighted by molar-refractivity contribution is 5.89. The van der Waals surface area contributed by atoms with Crippen LogP contribution in [0.1, 0.15) is 46.8 Å². The third-order valence-corrected chi connectivity index (χ3v) is 4.19. The number of nitrogens with one attached hydrogen (secondary N) is 2. The zero-order valence-electron chi connectivity index (χ0n) is 12.8. The molecule has 0 aromatic carbocycles. The molecule has 4 atom stereocenters. The predicted octanol–water partition coefficient (Wildman–Crippen LogP) is 0.644. The predicted molar refractivity (Wildman–Crippen MR) is 73.7 cm³/mol. The molecule has 2 heterocycles. The molecule has 0 aliphatic carbocycles. The van der Waals surface area contributed by atoms with Crippen LogP contribution in [-0.4, -0.2) is 48.4 Å². The van der Waals surface area contributed by atoms with Crippen LogP contribution >= 0.6 is 0 Å². The molecule has 0 aromatic heterocycles. The van der Waals surface area contributed by atoms with Gasteiger partial charge in [0.25, 0.3) is 0 Å². The van der Waals surface area contributed by atoms with Crippen molar-refractivity contribution < 1.29 is 11.0 Å². The number of carbonyl (C=O) groups excluding carboxylic acids is 2. The molecule has 2 N–H and O–H groups in total. The Bertz CT molecular complexity index is 377. The summed E-state index contributed by atoms with van der Waals surface area (Å²) in [5.41, 5.74) is 0. The van der Waals surface area contributed by atoms with Gasteiger partial charge in [0.05, 0.1) is 6.04 Å². The van der Waals surface area contributed by atoms with Gasteiger partial charge in [-0.2, -0.15) is 0 Å². The van der Waals surface area contributed by atoms with Crippen molar-refractivity contribution in [1.82, 2.24) is 15.5 Å². The van der Waals surface area contributed by atoms with Crippen LogP contribution in [0.4, 0.5) is 0 Å². The normalized spacial score (nSPS) is 34.0. The van der Waals surface area contributed by atoms with E-state index in [-0.39, 0.29) is 23.9 Å². The van der Waals surface area contributed by atoms with E-state index in [0.717, 1.165) is 32.1 Å². The fourth-order valence-corrected chi connectivity index (χ4v) is 2.84. The SMILES string of the molecule is [3H]C1CC[C@@H]2CCCC[C@H](NC(=O)[C@H](C)NC)C(=O)N12. The van der Waals surface area contributed by atoms with E-state index in [1.807, 2.05) is 0 Å². The number of carbonyl (C=O) groups is 2. The van der Waals surface area contributed by atoms with Gasteiger partial charge in [-0.15, -0.1) is 0 Å². The molecule has 19 heavy (non-hydrogen) atoms. The molecular weight excluding hydrogens is 242 g/mol. The third-order valence-electron chi connectivity index (χ3n) is 4.19. The summed E-state index contributed by atoms with van der Waals surface area (Å²) in [6.45, 7) is 1.33. The molecular formula is C14H25N3O2. The van der Waals surface area contributed by atoms with Crippen molar-refractivity contribution in [3.05, 3.63) is 0 Å². The van der Waals surface area contributed by atoms with E-state index in [0.29, 0.717) is 6.42 Å². The van der Waals surface area contributed by atoms with Gasteiger partial charge in [-0.25, -0.2) is 0 Å². The van der Waals surface area contributed by atoms with Crippen molar-refractivity contribution in [1.29, 1.82) is 0 Å². The number of fused-ring (bicyclic) bond motifs is 1. The third kappa shape index (κ3) is 3.26. The monoisotopic (exact) mass is 269 g/mol. The average Bonchev–Trinajstić information content (AvgIpc) is 2.79. The van der Waals surface area contributed by atoms with Crippen LogP contribution < -0.4 is 10.6 Å². The Kier molecular flexibility index (Phi) is 4.33. The Morgan fingerprint density at radius 2 is 2.05 bits per heavy atom. The molecule has 0 aromatic rings. The first-order chi connectivity index (χ1) is 9.54. The highest BCUT2D eigenvalue weighted by atomic mass is 16.2. The van der Waals surface area contributed by atoms with Crippen LogP contribution in [-0.2, 0) is 9.59 Å². The largest absolute Gasteiger partial charge is 0.343 e. The van der Waals surface area contributed by atoms with Gasteiger partial charge in [-0.05, 0) is 39.7 Å². The molecule has 0 radical (unpaired) electrons. The zero-order chi connectivity index (χ0) is 14.7. The lowest BCUT2D eigenvalue weighted by atomic mass is 9.99. The van der Waals surface area contributed by atoms with E-state index in [2.05, 4.69) is 10.6 Å². The van der Waals surface area contributed by atoms with Gasteiger partial charge < -0.3 is 15.5 Å². The van der Waals surface area contributed by atoms with Crippen LogP contribution in [0.25, 0.3) is 0 Å². The summed E-state index contributed by atoms with van der Waals surface area (Å²) in [5, 5.41) is 5.72. The molecule has 2 fully saturated rings. The molecule has 2 aliphatic heterocycles. The number of hydrogen-bond acceptors (Lipinski definition) is 3. The van der Waals surface area contributed by atoms with Crippen molar-refractivity contribution >= 4 is 11.8 Å². The van der Waals surface area contributed by atoms with Gasteiger partial charge in [0.1, 0.15) is 6.04 Å². The van der Waals surface area contributed by atoms with Crippen LogP contribution in [0.15, 0.2) is 0 Å². The zero-order valence-corrected chi connectivity index (χ0v) is 11.8. The van der Waals surface area contributed by atoms with E-state index in [1.165, 1.54) is 0 Å². The molecule has 0 saturated carbocycles. The second-order valence-corrected chi connectivity index (χ2v) is 5.52. The van der Waals surface area contributed by atoms with E-state index < -0.39 is 12.6 Å². The maximum absolute atomic E-state index is 12.6. The Morgan fingerprint density at radius 3 is 2.79 bits per heavy atom. The Balaban J connectivity index is 2.07. The number of likely N-dealkylation sites (N-methyl/N-ethyl adjacent to an activating group) is 1. The minimum absolute atomic E-state index is 0.0659. The van der Waals surface area contributed by atoms with Gasteiger partial charge in [0, 0.05) is 13.9 Å². The van der Waals surface area contributed by atoms with Crippen molar-refractivity contribution in [2.24, 2.45) is 0 Å². The van der Waals surface area contributed by atoms with Gasteiger partial charge in [0.2, 0.25) is 11.8 Å². The quantitative estimate of drug-likeness (QED) is 0.790. The molecule has 108 valence electrons. The second-order valence-electron chi connectivity index (χ2n) is 5.52. The smallest absolute Gasteiger partial charge is 0.245 e. The Labute approximate surface area is 116 Å². The Morgan fingerprint density at radius 1 is 1.37 bits per heavy atom. The highest BCUT2D eigenvalue weighted by Gasteiger charge is 2.35. The van der Waals surface area contributed by atoms with E-state index in [1.54, 1.807) is 18.9 Å². The summed E-state index contributed by atoms with van der Waals surface area (Å²) in [5.74, 6) is -0.215. The molecule has 0 bridgehead atoms. The fourth-order valence-electron chi connectivity index (χ4n) is 2.84. The summed E-state index contributed by atoms with van der Waals surface area (Å²) in [6, 6.07) is -0.576. The number of amides is 2. The van der Waals surface area contributed by atoms with E-state index in [9.17, 15) is 9.59 Å². The second kappa shape index (κ2) is 6.37. The molecule has 2 amide bonds. The van der Waals surface area contributed by atoms with E-state index in [4.69, 9.17) is 1.37 Å². The maximum Gasteiger partial charge on any atom is 0.245 e. The minimum Gasteiger partial charge on any atom is -0.343 e. The first kappa shape index (κ1) is 12.9. The van der Waals surface area contributed by atoms with E-state index >= 15 is 0 Å². The highest BCUT2D eigenvalue weighted by Crippen LogP contribution is 2.26. The summed E-state index contributed by atoms with van der Waals surface area (Å²) >= 11 is 0. The van der Waals surface area contributed by atoms with Gasteiger partial charge in [0.15, 0.2) is 0 Å². The minimum atomic E-state index is -0.466. The van der Waals surface area contributed by atoms with Crippen molar-refractivity contribution in [2.45, 2.75) is 63.6 Å². The molecule has 2 aliphatic rings. The molecule has 0 spiro atoms. The van der Waals surface area contributed by atoms with Crippen LogP contribution in [0.2, 0.25) is 0 Å². The summed E-state index contributed by atoms with van der Waals surface area (Å²) in [4.78, 5) is 26.3. The summed E-state index contributed by atoms with van der Waals surface area (Å²) in [7, 11) is 1.72. The van der Waals surface area contributed by atoms with Gasteiger partial charge >= 0.3 is 0 Å². The average molecular weight is 269 g/mol. The number of hydrogen-bond donors (Lipinski definition) is 2. The van der Waals surface area contributed by atoms with Crippen molar-refractivity contribution in [3.8, 4) is 0 Å². The summed E-state index contributed by atoms with van der Waals surface area (Å²) < 4.78 is 8.03. The number of nitrogens with zero attached hydrogens (tertiary/aromatic N) is 1. The molecule has 2 saturated heterocycles. The van der Waals surface area contributed by atoms with Gasteiger partial charge in [-0.1, -0.05) is 12.8 Å². The number of rotatable bonds is 3. The first-order valence-corrected chi connectivity index (χ1v) is 7.26. The lowest BCUT2D eigenvalue weighted by Gasteiger charge is -2.32. The molecule has 5 nitrogen and oxygen atoms in total. The lowest BCUT2D eigenvalue weighted by Crippen LogP contribution is -2.54. The standard InChI is InChI=1S/C14H25N3O2/c1-10(15-2)13(18)16-12-8-4-3-6-11-7-5-9-17(11)14(12)19/h10-12,15H,3-9H2,1-2H3,(H,16,18)/t10-,11-,12-/m0/s1/i9T/t9?,10-,11-,12-. The Hall–Kier alpha value is -1.10. The van der Waals surface area contributed by atoms with Crippen molar-refractivity contribution in [3.63, 3.8) is 0 Å². The first-order valence-electron chi connectivity index (χ1n) is 7.84. The van der Waals surface area contributed by atoms with Crippen LogP contribution in [0.3, 0.4) is 0 Å². The lowest BCUT2D eigenvalue weighted by molar-refractivity contribution is -0.138. The fraction of sp³-hybridized carbons (Fsp3) is 0.857. The van der Waals surface area contributed by atoms with Crippen molar-refractivity contribution in [2.75, 3.05) is 13.6 Å². The molecule has 5 heteroatoms. The molecule has 1 unspecified atom stereocenters. The molecule has 2 rings (SSSR count). The van der Waals surface area contributed by atoms with Crippen LogP contribution in [0, 0.1) is 0 Å². The maximum atomic E-state index is 12.6. The van der Waals surface area contributed by atoms with Gasteiger partial charge in [-0.3, -0.25) is 9.59 Å². The van der Waals surface area contributed by atoms with Crippen LogP contribution in [0.5, 0.6) is 0 Å². The summed E-state index contributed by atoms with van der Waals surface area (Å²) in [6.07, 6.45) is 5.37.